The minimum absolute atomic E-state index is 0.0261. The molecule has 0 spiro atoms. The predicted molar refractivity (Wildman–Crippen MR) is 82.7 cm³/mol. The number of hydrogen-bond donors (Lipinski definition) is 0. The van der Waals surface area contributed by atoms with Crippen LogP contribution in [0.2, 0.25) is 0 Å². The molecule has 0 aliphatic carbocycles. The minimum Gasteiger partial charge on any atom is -0.242 e. The monoisotopic (exact) mass is 368 g/mol. The Hall–Kier alpha value is -2.75. The van der Waals surface area contributed by atoms with Gasteiger partial charge in [0.1, 0.15) is 0 Å². The summed E-state index contributed by atoms with van der Waals surface area (Å²) in [5, 5.41) is 3.32. The number of pyridine rings is 1. The molecular weight excluding hydrogens is 357 g/mol. The van der Waals surface area contributed by atoms with Crippen molar-refractivity contribution < 1.29 is 21.6 Å². The summed E-state index contributed by atoms with van der Waals surface area (Å²) in [5.74, 6) is -1.32. The van der Waals surface area contributed by atoms with Crippen LogP contribution in [0, 0.1) is 0 Å². The molecule has 0 N–H and O–H groups in total. The molecule has 0 saturated heterocycles. The number of hydrogen-bond acceptors (Lipinski definition) is 5. The molecule has 0 atom stereocenters. The second kappa shape index (κ2) is 5.96. The van der Waals surface area contributed by atoms with Gasteiger partial charge in [0.25, 0.3) is 5.82 Å². The van der Waals surface area contributed by atoms with E-state index in [0.717, 1.165) is 17.1 Å². The van der Waals surface area contributed by atoms with Gasteiger partial charge in [-0.3, -0.25) is 0 Å². The molecule has 6 nitrogen and oxygen atoms in total. The van der Waals surface area contributed by atoms with E-state index in [4.69, 9.17) is 0 Å². The highest BCUT2D eigenvalue weighted by Gasteiger charge is 2.37. The van der Waals surface area contributed by atoms with E-state index in [9.17, 15) is 21.6 Å². The summed E-state index contributed by atoms with van der Waals surface area (Å²) in [7, 11) is -3.52. The maximum absolute atomic E-state index is 13.0. The Bertz CT molecular complexity index is 998. The normalized spacial score (nSPS) is 12.3. The first-order chi connectivity index (χ1) is 11.7. The summed E-state index contributed by atoms with van der Waals surface area (Å²) in [6.07, 6.45) is -2.59. The van der Waals surface area contributed by atoms with Gasteiger partial charge in [-0.15, -0.1) is 5.10 Å². The smallest absolute Gasteiger partial charge is 0.242 e. The van der Waals surface area contributed by atoms with Crippen LogP contribution in [0.15, 0.2) is 53.7 Å². The zero-order chi connectivity index (χ0) is 18.2. The largest absolute Gasteiger partial charge is 0.453 e. The summed E-state index contributed by atoms with van der Waals surface area (Å²) < 4.78 is 62.9. The van der Waals surface area contributed by atoms with Crippen molar-refractivity contribution >= 4 is 9.84 Å². The summed E-state index contributed by atoms with van der Waals surface area (Å²) in [6.45, 7) is 0. The van der Waals surface area contributed by atoms with Gasteiger partial charge in [-0.1, -0.05) is 30.3 Å². The molecule has 130 valence electrons. The van der Waals surface area contributed by atoms with Crippen molar-refractivity contribution in [3.8, 4) is 17.1 Å². The third-order valence-corrected chi connectivity index (χ3v) is 4.24. The first-order valence-electron chi connectivity index (χ1n) is 6.92. The minimum atomic E-state index is -4.71. The Morgan fingerprint density at radius 2 is 1.72 bits per heavy atom. The summed E-state index contributed by atoms with van der Waals surface area (Å²) in [5.41, 5.74) is 0.590. The van der Waals surface area contributed by atoms with E-state index in [0.29, 0.717) is 5.56 Å². The molecule has 0 saturated carbocycles. The van der Waals surface area contributed by atoms with Crippen LogP contribution in [-0.2, 0) is 16.0 Å². The molecule has 25 heavy (non-hydrogen) atoms. The fourth-order valence-electron chi connectivity index (χ4n) is 2.10. The van der Waals surface area contributed by atoms with E-state index >= 15 is 0 Å². The Labute approximate surface area is 140 Å². The number of rotatable bonds is 3. The highest BCUT2D eigenvalue weighted by molar-refractivity contribution is 7.90. The van der Waals surface area contributed by atoms with Crippen molar-refractivity contribution in [3.63, 3.8) is 0 Å². The van der Waals surface area contributed by atoms with E-state index < -0.39 is 21.8 Å². The highest BCUT2D eigenvalue weighted by atomic mass is 32.2. The van der Waals surface area contributed by atoms with Crippen LogP contribution < -0.4 is 0 Å². The zero-order valence-corrected chi connectivity index (χ0v) is 13.6. The first-order valence-corrected chi connectivity index (χ1v) is 8.81. The van der Waals surface area contributed by atoms with Crippen LogP contribution in [0.25, 0.3) is 17.1 Å². The lowest BCUT2D eigenvalue weighted by Crippen LogP contribution is -2.09. The predicted octanol–water partition coefficient (Wildman–Crippen LogP) is 2.75. The second-order valence-electron chi connectivity index (χ2n) is 5.16. The van der Waals surface area contributed by atoms with Crippen molar-refractivity contribution in [3.05, 3.63) is 54.5 Å². The lowest BCUT2D eigenvalue weighted by Gasteiger charge is -2.06. The number of sulfone groups is 1. The summed E-state index contributed by atoms with van der Waals surface area (Å²) in [4.78, 5) is 7.35. The highest BCUT2D eigenvalue weighted by Crippen LogP contribution is 2.30. The van der Waals surface area contributed by atoms with Gasteiger partial charge in [-0.2, -0.15) is 13.2 Å². The van der Waals surface area contributed by atoms with Crippen LogP contribution in [0.5, 0.6) is 0 Å². The number of aromatic nitrogens is 4. The van der Waals surface area contributed by atoms with E-state index in [1.807, 2.05) is 0 Å². The van der Waals surface area contributed by atoms with Crippen molar-refractivity contribution in [2.45, 2.75) is 11.2 Å². The first kappa shape index (κ1) is 17.1. The number of halogens is 3. The van der Waals surface area contributed by atoms with Crippen molar-refractivity contribution in [2.24, 2.45) is 0 Å². The SMILES string of the molecule is CS(=O)(=O)c1ccc(-n2nc(C(F)(F)F)nc2-c2ccccc2)cn1. The van der Waals surface area contributed by atoms with Gasteiger partial charge >= 0.3 is 6.18 Å². The maximum Gasteiger partial charge on any atom is 0.453 e. The molecule has 3 aromatic rings. The fraction of sp³-hybridized carbons (Fsp3) is 0.133. The van der Waals surface area contributed by atoms with E-state index in [-0.39, 0.29) is 16.5 Å². The maximum atomic E-state index is 13.0. The average Bonchev–Trinajstić information content (AvgIpc) is 3.00. The molecule has 3 rings (SSSR count). The van der Waals surface area contributed by atoms with Gasteiger partial charge in [-0.05, 0) is 12.1 Å². The Morgan fingerprint density at radius 3 is 2.24 bits per heavy atom. The van der Waals surface area contributed by atoms with Gasteiger partial charge in [0.15, 0.2) is 20.7 Å². The molecular formula is C15H11F3N4O2S. The van der Waals surface area contributed by atoms with E-state index in [1.165, 1.54) is 12.1 Å². The Morgan fingerprint density at radius 1 is 1.04 bits per heavy atom. The van der Waals surface area contributed by atoms with Gasteiger partial charge in [0, 0.05) is 11.8 Å². The molecule has 2 aromatic heterocycles. The van der Waals surface area contributed by atoms with Crippen molar-refractivity contribution in [1.29, 1.82) is 0 Å². The zero-order valence-electron chi connectivity index (χ0n) is 12.8. The van der Waals surface area contributed by atoms with Crippen LogP contribution in [-0.4, -0.2) is 34.4 Å². The molecule has 1 aromatic carbocycles. The number of benzene rings is 1. The summed E-state index contributed by atoms with van der Waals surface area (Å²) in [6, 6.07) is 10.8. The number of nitrogens with zero attached hydrogens (tertiary/aromatic N) is 4. The quantitative estimate of drug-likeness (QED) is 0.710. The standard InChI is InChI=1S/C15H11F3N4O2S/c1-25(23,24)12-8-7-11(9-19-12)22-13(10-5-3-2-4-6-10)20-14(21-22)15(16,17)18/h2-9H,1H3. The molecule has 0 aliphatic rings. The topological polar surface area (TPSA) is 77.7 Å². The third-order valence-electron chi connectivity index (χ3n) is 3.24. The molecule has 10 heteroatoms. The Kier molecular flexibility index (Phi) is 4.07. The van der Waals surface area contributed by atoms with E-state index in [1.54, 1.807) is 30.3 Å². The molecule has 0 unspecified atom stereocenters. The van der Waals surface area contributed by atoms with Crippen LogP contribution in [0.3, 0.4) is 0 Å². The van der Waals surface area contributed by atoms with Gasteiger partial charge < -0.3 is 0 Å². The third kappa shape index (κ3) is 3.53. The van der Waals surface area contributed by atoms with Gasteiger partial charge in [-0.25, -0.2) is 23.1 Å². The molecule has 0 radical (unpaired) electrons. The van der Waals surface area contributed by atoms with Crippen LogP contribution >= 0.6 is 0 Å². The second-order valence-corrected chi connectivity index (χ2v) is 7.12. The lowest BCUT2D eigenvalue weighted by atomic mass is 10.2. The molecule has 0 aliphatic heterocycles. The van der Waals surface area contributed by atoms with Gasteiger partial charge in [0.05, 0.1) is 11.9 Å². The van der Waals surface area contributed by atoms with Crippen LogP contribution in [0.4, 0.5) is 13.2 Å². The van der Waals surface area contributed by atoms with E-state index in [2.05, 4.69) is 15.1 Å². The molecule has 0 fully saturated rings. The van der Waals surface area contributed by atoms with Gasteiger partial charge in [0.2, 0.25) is 0 Å². The Balaban J connectivity index is 2.16. The molecule has 0 amide bonds. The van der Waals surface area contributed by atoms with Crippen molar-refractivity contribution in [2.75, 3.05) is 6.26 Å². The molecule has 2 heterocycles. The lowest BCUT2D eigenvalue weighted by molar-refractivity contribution is -0.144. The van der Waals surface area contributed by atoms with Crippen LogP contribution in [0.1, 0.15) is 5.82 Å². The number of alkyl halides is 3. The average molecular weight is 368 g/mol. The van der Waals surface area contributed by atoms with Crippen molar-refractivity contribution in [1.82, 2.24) is 19.7 Å². The molecule has 0 bridgehead atoms. The fourth-order valence-corrected chi connectivity index (χ4v) is 2.66. The summed E-state index contributed by atoms with van der Waals surface area (Å²) >= 11 is 0.